The fourth-order valence-corrected chi connectivity index (χ4v) is 5.61. The maximum absolute atomic E-state index is 13.3. The molecule has 0 radical (unpaired) electrons. The Morgan fingerprint density at radius 3 is 2.40 bits per heavy atom. The number of hydrogen-bond acceptors (Lipinski definition) is 10. The lowest BCUT2D eigenvalue weighted by Gasteiger charge is -2.54. The van der Waals surface area contributed by atoms with Crippen LogP contribution in [0.4, 0.5) is 0 Å². The molecule has 5 atom stereocenters. The normalized spacial score (nSPS) is 29.3. The fourth-order valence-electron chi connectivity index (χ4n) is 5.61. The first-order valence-corrected chi connectivity index (χ1v) is 14.4. The zero-order valence-corrected chi connectivity index (χ0v) is 25.0. The van der Waals surface area contributed by atoms with Crippen molar-refractivity contribution in [2.75, 3.05) is 20.8 Å². The van der Waals surface area contributed by atoms with E-state index in [0.29, 0.717) is 12.0 Å². The van der Waals surface area contributed by atoms with Crippen molar-refractivity contribution in [1.82, 2.24) is 0 Å². The van der Waals surface area contributed by atoms with E-state index in [9.17, 15) is 24.3 Å². The highest BCUT2D eigenvalue weighted by atomic mass is 16.7. The Labute approximate surface area is 238 Å². The van der Waals surface area contributed by atoms with Crippen LogP contribution in [0.5, 0.6) is 0 Å². The number of methoxy groups -OCH3 is 2. The second kappa shape index (κ2) is 15.6. The summed E-state index contributed by atoms with van der Waals surface area (Å²) in [6.07, 6.45) is 4.23. The van der Waals surface area contributed by atoms with E-state index in [0.717, 1.165) is 32.1 Å². The van der Waals surface area contributed by atoms with Gasteiger partial charge in [0.05, 0.1) is 37.6 Å². The van der Waals surface area contributed by atoms with E-state index in [-0.39, 0.29) is 44.5 Å². The predicted molar refractivity (Wildman–Crippen MR) is 146 cm³/mol. The van der Waals surface area contributed by atoms with Crippen molar-refractivity contribution in [2.45, 2.75) is 122 Å². The monoisotopic (exact) mass is 568 g/mol. The molecule has 0 amide bonds. The number of unbranched alkanes of at least 4 members (excludes halogenated alkanes) is 4. The van der Waals surface area contributed by atoms with Crippen LogP contribution in [0.3, 0.4) is 0 Å². The lowest BCUT2D eigenvalue weighted by atomic mass is 9.68. The fraction of sp³-hybridized carbons (Fsp3) is 0.800. The third-order valence-corrected chi connectivity index (χ3v) is 7.90. The minimum Gasteiger partial charge on any atom is -0.466 e. The molecule has 40 heavy (non-hydrogen) atoms. The molecule has 10 heteroatoms. The van der Waals surface area contributed by atoms with Gasteiger partial charge in [0.1, 0.15) is 18.5 Å². The Kier molecular flexibility index (Phi) is 13.3. The third kappa shape index (κ3) is 9.11. The van der Waals surface area contributed by atoms with Gasteiger partial charge >= 0.3 is 17.9 Å². The van der Waals surface area contributed by atoms with Gasteiger partial charge in [-0.3, -0.25) is 14.4 Å². The number of ketones is 1. The van der Waals surface area contributed by atoms with E-state index in [2.05, 4.69) is 6.92 Å². The number of aliphatic hydroxyl groups is 1. The quantitative estimate of drug-likeness (QED) is 0.167. The molecule has 0 unspecified atom stereocenters. The minimum atomic E-state index is -1.49. The summed E-state index contributed by atoms with van der Waals surface area (Å²) in [6.45, 7) is 7.16. The standard InChI is InChI=1S/C30H48O10/c1-7-8-9-10-11-12-22(32)17-24-21(16-28(35)36-5)15-23-18-25(20(2)31)39-27(34)14-13-26(33)38-19-29(3,4)30(24,37-6)40-23/h16,20,23-25,31H,7-15,17-19H2,1-6H3/b21-16+/t20-,23+,24+,25-,30-/m1/s1. The molecular weight excluding hydrogens is 520 g/mol. The molecular formula is C30H48O10. The van der Waals surface area contributed by atoms with Gasteiger partial charge in [-0.25, -0.2) is 4.79 Å². The molecule has 0 spiro atoms. The molecule has 2 heterocycles. The minimum absolute atomic E-state index is 0.0160. The summed E-state index contributed by atoms with van der Waals surface area (Å²) in [5.41, 5.74) is -0.398. The molecule has 1 N–H and O–H groups in total. The van der Waals surface area contributed by atoms with Gasteiger partial charge in [-0.15, -0.1) is 0 Å². The Hall–Kier alpha value is -2.30. The molecule has 2 fully saturated rings. The van der Waals surface area contributed by atoms with Crippen molar-refractivity contribution in [3.63, 3.8) is 0 Å². The van der Waals surface area contributed by atoms with Crippen LogP contribution in [-0.2, 0) is 42.9 Å². The second-order valence-electron chi connectivity index (χ2n) is 11.6. The summed E-state index contributed by atoms with van der Waals surface area (Å²) >= 11 is 0. The lowest BCUT2D eigenvalue weighted by Crippen LogP contribution is -2.61. The maximum Gasteiger partial charge on any atom is 0.330 e. The Morgan fingerprint density at radius 1 is 1.10 bits per heavy atom. The first-order valence-electron chi connectivity index (χ1n) is 14.4. The summed E-state index contributed by atoms with van der Waals surface area (Å²) in [7, 11) is 2.74. The largest absolute Gasteiger partial charge is 0.466 e. The van der Waals surface area contributed by atoms with Gasteiger partial charge in [-0.2, -0.15) is 0 Å². The van der Waals surface area contributed by atoms with Gasteiger partial charge < -0.3 is 28.8 Å². The number of aliphatic hydroxyl groups excluding tert-OH is 1. The molecule has 2 bridgehead atoms. The van der Waals surface area contributed by atoms with Crippen LogP contribution in [-0.4, -0.2) is 73.7 Å². The number of cyclic esters (lactones) is 2. The molecule has 228 valence electrons. The molecule has 2 aliphatic rings. The van der Waals surface area contributed by atoms with Crippen molar-refractivity contribution in [3.05, 3.63) is 11.6 Å². The SMILES string of the molecule is CCCCCCCC(=O)C[C@H]1/C(=C/C(=O)OC)C[C@H]2C[C@H]([C@@H](C)O)OC(=O)CCC(=O)OCC(C)(C)[C@]1(OC)O2. The number of Topliss-reactive ketones (excluding diaryl/α,β-unsaturated/α-hetero) is 1. The van der Waals surface area contributed by atoms with Gasteiger partial charge in [0.15, 0.2) is 5.79 Å². The van der Waals surface area contributed by atoms with Crippen LogP contribution in [0.2, 0.25) is 0 Å². The number of carbonyl (C=O) groups is 4. The van der Waals surface area contributed by atoms with Crippen LogP contribution in [0.15, 0.2) is 11.6 Å². The van der Waals surface area contributed by atoms with Crippen molar-refractivity contribution in [1.29, 1.82) is 0 Å². The molecule has 0 aromatic heterocycles. The Balaban J connectivity index is 2.55. The Bertz CT molecular complexity index is 908. The topological polar surface area (TPSA) is 135 Å². The number of fused-ring (bicyclic) bond motifs is 2. The summed E-state index contributed by atoms with van der Waals surface area (Å²) in [5, 5.41) is 10.4. The second-order valence-corrected chi connectivity index (χ2v) is 11.6. The van der Waals surface area contributed by atoms with Gasteiger partial charge in [0, 0.05) is 38.4 Å². The number of carbonyl (C=O) groups excluding carboxylic acids is 4. The highest BCUT2D eigenvalue weighted by Crippen LogP contribution is 2.51. The Morgan fingerprint density at radius 2 is 1.77 bits per heavy atom. The van der Waals surface area contributed by atoms with E-state index in [1.54, 1.807) is 0 Å². The summed E-state index contributed by atoms with van der Waals surface area (Å²) in [4.78, 5) is 50.7. The smallest absolute Gasteiger partial charge is 0.330 e. The zero-order chi connectivity index (χ0) is 29.9. The van der Waals surface area contributed by atoms with Crippen LogP contribution in [0, 0.1) is 11.3 Å². The average Bonchev–Trinajstić information content (AvgIpc) is 2.91. The number of rotatable bonds is 11. The number of esters is 3. The summed E-state index contributed by atoms with van der Waals surface area (Å²) in [5.74, 6) is -3.97. The van der Waals surface area contributed by atoms with Crippen molar-refractivity contribution < 1.29 is 48.0 Å². The summed E-state index contributed by atoms with van der Waals surface area (Å²) in [6, 6.07) is 0. The number of ether oxygens (including phenoxy) is 5. The molecule has 2 saturated heterocycles. The maximum atomic E-state index is 13.3. The van der Waals surface area contributed by atoms with Crippen LogP contribution in [0.1, 0.15) is 98.3 Å². The molecule has 0 saturated carbocycles. The summed E-state index contributed by atoms with van der Waals surface area (Å²) < 4.78 is 28.8. The molecule has 2 rings (SSSR count). The lowest BCUT2D eigenvalue weighted by molar-refractivity contribution is -0.340. The van der Waals surface area contributed by atoms with Crippen LogP contribution >= 0.6 is 0 Å². The molecule has 0 aliphatic carbocycles. The molecule has 0 aromatic carbocycles. The van der Waals surface area contributed by atoms with Crippen molar-refractivity contribution in [3.8, 4) is 0 Å². The molecule has 2 aliphatic heterocycles. The average molecular weight is 569 g/mol. The van der Waals surface area contributed by atoms with E-state index in [1.165, 1.54) is 27.2 Å². The van der Waals surface area contributed by atoms with Crippen molar-refractivity contribution in [2.24, 2.45) is 11.3 Å². The van der Waals surface area contributed by atoms with E-state index in [4.69, 9.17) is 23.7 Å². The first-order chi connectivity index (χ1) is 18.9. The van der Waals surface area contributed by atoms with E-state index < -0.39 is 53.3 Å². The van der Waals surface area contributed by atoms with E-state index >= 15 is 0 Å². The predicted octanol–water partition coefficient (Wildman–Crippen LogP) is 4.20. The van der Waals surface area contributed by atoms with Gasteiger partial charge in [-0.1, -0.05) is 52.0 Å². The van der Waals surface area contributed by atoms with E-state index in [1.807, 2.05) is 13.8 Å². The first kappa shape index (κ1) is 33.9. The van der Waals surface area contributed by atoms with Crippen LogP contribution in [0.25, 0.3) is 0 Å². The zero-order valence-electron chi connectivity index (χ0n) is 25.0. The van der Waals surface area contributed by atoms with Gasteiger partial charge in [0.2, 0.25) is 0 Å². The number of hydrogen-bond donors (Lipinski definition) is 1. The van der Waals surface area contributed by atoms with Crippen LogP contribution < -0.4 is 0 Å². The van der Waals surface area contributed by atoms with Gasteiger partial charge in [-0.05, 0) is 19.8 Å². The molecule has 0 aromatic rings. The van der Waals surface area contributed by atoms with Crippen molar-refractivity contribution >= 4 is 23.7 Å². The molecule has 10 nitrogen and oxygen atoms in total. The van der Waals surface area contributed by atoms with Gasteiger partial charge in [0.25, 0.3) is 0 Å². The highest BCUT2D eigenvalue weighted by molar-refractivity contribution is 5.84. The highest BCUT2D eigenvalue weighted by Gasteiger charge is 2.58. The third-order valence-electron chi connectivity index (χ3n) is 7.90.